The van der Waals surface area contributed by atoms with Gasteiger partial charge in [-0.3, -0.25) is 34.2 Å². The summed E-state index contributed by atoms with van der Waals surface area (Å²) in [6.07, 6.45) is -1.04. The number of ether oxygens (including phenoxy) is 2. The monoisotopic (exact) mass is 1120 g/mol. The number of aromatic amines is 1. The van der Waals surface area contributed by atoms with Gasteiger partial charge in [0.05, 0.1) is 18.6 Å². The molecule has 0 aliphatic carbocycles. The van der Waals surface area contributed by atoms with Gasteiger partial charge >= 0.3 is 6.09 Å². The van der Waals surface area contributed by atoms with Gasteiger partial charge in [0, 0.05) is 88.7 Å². The Bertz CT molecular complexity index is 3160. The number of benzene rings is 5. The van der Waals surface area contributed by atoms with Crippen molar-refractivity contribution in [3.63, 3.8) is 0 Å². The smallest absolute Gasteiger partial charge is 0.407 e. The van der Waals surface area contributed by atoms with Crippen LogP contribution in [-0.4, -0.2) is 161 Å². The Labute approximate surface area is 476 Å². The zero-order valence-corrected chi connectivity index (χ0v) is 45.8. The first-order valence-electron chi connectivity index (χ1n) is 28.4. The van der Waals surface area contributed by atoms with Gasteiger partial charge in [-0.2, -0.15) is 0 Å². The number of nitrogens with one attached hydrogen (secondary N) is 7. The summed E-state index contributed by atoms with van der Waals surface area (Å²) in [6.45, 7) is 3.15. The molecule has 4 aliphatic heterocycles. The summed E-state index contributed by atoms with van der Waals surface area (Å²) >= 11 is 0. The fourth-order valence-electron chi connectivity index (χ4n) is 11.5. The van der Waals surface area contributed by atoms with Crippen molar-refractivity contribution in [1.82, 2.24) is 51.6 Å². The minimum Gasteiger partial charge on any atom is -0.489 e. The van der Waals surface area contributed by atoms with Crippen LogP contribution in [0.15, 0.2) is 140 Å². The summed E-state index contributed by atoms with van der Waals surface area (Å²) in [5.41, 5.74) is 11.5. The molecule has 430 valence electrons. The number of nitrogens with two attached hydrogens (primary N) is 1. The van der Waals surface area contributed by atoms with Crippen molar-refractivity contribution in [3.05, 3.63) is 173 Å². The van der Waals surface area contributed by atoms with Crippen LogP contribution >= 0.6 is 0 Å². The van der Waals surface area contributed by atoms with Crippen LogP contribution in [0.3, 0.4) is 0 Å². The predicted molar refractivity (Wildman–Crippen MR) is 308 cm³/mol. The van der Waals surface area contributed by atoms with E-state index in [2.05, 4.69) is 41.8 Å². The van der Waals surface area contributed by atoms with E-state index in [1.807, 2.05) is 133 Å². The van der Waals surface area contributed by atoms with Gasteiger partial charge in [0.15, 0.2) is 0 Å². The molecule has 10 rings (SSSR count). The van der Waals surface area contributed by atoms with Gasteiger partial charge in [-0.25, -0.2) is 4.79 Å². The molecular formula is C62H73N11O9. The summed E-state index contributed by atoms with van der Waals surface area (Å²) in [7, 11) is 0. The topological polar surface area (TPSA) is 265 Å². The van der Waals surface area contributed by atoms with Crippen molar-refractivity contribution in [2.24, 2.45) is 5.73 Å². The quantitative estimate of drug-likeness (QED) is 0.0717. The van der Waals surface area contributed by atoms with Crippen molar-refractivity contribution in [2.75, 3.05) is 52.4 Å². The van der Waals surface area contributed by atoms with Crippen molar-refractivity contribution in [3.8, 4) is 5.75 Å². The van der Waals surface area contributed by atoms with Gasteiger partial charge in [0.2, 0.25) is 29.5 Å². The third-order valence-electron chi connectivity index (χ3n) is 15.9. The van der Waals surface area contributed by atoms with Crippen LogP contribution in [0, 0.1) is 0 Å². The number of aryl methyl sites for hydroxylation is 1. The molecule has 20 heteroatoms. The van der Waals surface area contributed by atoms with E-state index in [9.17, 15) is 9.90 Å². The number of aliphatic hydroxyl groups is 1. The van der Waals surface area contributed by atoms with Crippen LogP contribution < -0.4 is 42.4 Å². The maximum absolute atomic E-state index is 15.9. The standard InChI is InChI=1S/C62H73N11O9/c63-25-26-65-62(80)82-47-34-54-59(77)67-50(24-21-40-11-3-1-4-12-40)56(74)68-51(32-45-35-66-49-18-10-9-17-48(45)49)57(75)70-53(38-71-29-27-64-28-30-71)58(76)69-52(31-41-19-22-46(23-20-41)81-39-42-13-5-2-6-14-42)60(78)72-36-44-16-8-7-15-43(44)33-55(72)61(79)73(54)37-47/h1-20,22-23,35,47,50-55,58,64,66,69,76H,21,24-34,36-39,63H2,(H,65,80)(H,67,77)(H,68,74)(H,70,75)/t47-,50-,51+,52+,53+,54+,55+,58?/m1/s1. The van der Waals surface area contributed by atoms with E-state index in [1.165, 1.54) is 9.80 Å². The molecule has 0 saturated carbocycles. The van der Waals surface area contributed by atoms with Crippen LogP contribution in [0.25, 0.3) is 10.9 Å². The molecule has 6 aromatic rings. The first-order valence-corrected chi connectivity index (χ1v) is 28.4. The molecule has 1 aromatic heterocycles. The minimum absolute atomic E-state index is 0.0102. The van der Waals surface area contributed by atoms with Crippen LogP contribution in [-0.2, 0) is 67.5 Å². The van der Waals surface area contributed by atoms with Crippen LogP contribution in [0.4, 0.5) is 4.79 Å². The lowest BCUT2D eigenvalue weighted by atomic mass is 9.91. The molecule has 5 heterocycles. The molecule has 1 unspecified atom stereocenters. The van der Waals surface area contributed by atoms with Crippen molar-refractivity contribution in [2.45, 2.75) is 100 Å². The van der Waals surface area contributed by atoms with Gasteiger partial charge in [-0.05, 0) is 70.8 Å². The molecule has 0 radical (unpaired) electrons. The number of rotatable bonds is 15. The number of H-pyrrole nitrogens is 1. The van der Waals surface area contributed by atoms with E-state index in [-0.39, 0.29) is 64.8 Å². The van der Waals surface area contributed by atoms with Gasteiger partial charge < -0.3 is 61.7 Å². The van der Waals surface area contributed by atoms with Gasteiger partial charge in [-0.1, -0.05) is 115 Å². The number of aromatic nitrogens is 1. The molecular weight excluding hydrogens is 1040 g/mol. The van der Waals surface area contributed by atoms with Gasteiger partial charge in [-0.15, -0.1) is 0 Å². The first kappa shape index (κ1) is 57.1. The van der Waals surface area contributed by atoms with Crippen LogP contribution in [0.1, 0.15) is 46.2 Å². The van der Waals surface area contributed by atoms with E-state index in [0.717, 1.165) is 38.7 Å². The number of hydrogen-bond acceptors (Lipinski definition) is 13. The second-order valence-corrected chi connectivity index (χ2v) is 21.6. The number of piperazine rings is 1. The molecule has 10 N–H and O–H groups in total. The molecule has 6 amide bonds. The number of carbonyl (C=O) groups is 6. The minimum atomic E-state index is -1.56. The van der Waals surface area contributed by atoms with Gasteiger partial charge in [0.25, 0.3) is 0 Å². The Hall–Kier alpha value is -8.14. The third-order valence-corrected chi connectivity index (χ3v) is 15.9. The van der Waals surface area contributed by atoms with E-state index >= 15 is 24.0 Å². The molecule has 3 fully saturated rings. The zero-order chi connectivity index (χ0) is 57.0. The Kier molecular flexibility index (Phi) is 18.9. The van der Waals surface area contributed by atoms with Gasteiger partial charge in [0.1, 0.15) is 48.9 Å². The lowest BCUT2D eigenvalue weighted by Gasteiger charge is -2.41. The number of alkyl carbamates (subject to hydrolysis) is 1. The average Bonchev–Trinajstić information content (AvgIpc) is 4.30. The summed E-state index contributed by atoms with van der Waals surface area (Å²) in [5, 5.41) is 31.9. The van der Waals surface area contributed by atoms with Crippen molar-refractivity contribution < 1.29 is 43.3 Å². The summed E-state index contributed by atoms with van der Waals surface area (Å²) < 4.78 is 12.0. The molecule has 3 saturated heterocycles. The largest absolute Gasteiger partial charge is 0.489 e. The number of nitrogens with zero attached hydrogens (tertiary/aromatic N) is 3. The van der Waals surface area contributed by atoms with E-state index in [4.69, 9.17) is 15.2 Å². The number of aliphatic hydroxyl groups excluding tert-OH is 1. The SMILES string of the molecule is NCCNC(=O)O[C@@H]1C[C@H]2C(=O)N[C@H](CCc3ccccc3)C(=O)N[C@@H](Cc3c[nH]c4ccccc34)C(=O)N[C@@H](CN3CCNCC3)C(O)N[C@@H](Cc3ccc(OCc4ccccc4)cc3)C(=O)N3Cc4ccccc4C[C@H]3C(=O)N2C1. The second kappa shape index (κ2) is 27.1. The average molecular weight is 1120 g/mol. The van der Waals surface area contributed by atoms with E-state index < -0.39 is 84.2 Å². The molecule has 82 heavy (non-hydrogen) atoms. The molecule has 0 spiro atoms. The Morgan fingerprint density at radius 2 is 1.37 bits per heavy atom. The molecule has 4 aliphatic rings. The van der Waals surface area contributed by atoms with Crippen LogP contribution in [0.5, 0.6) is 5.75 Å². The molecule has 5 aromatic carbocycles. The van der Waals surface area contributed by atoms with E-state index in [0.29, 0.717) is 50.5 Å². The second-order valence-electron chi connectivity index (χ2n) is 21.6. The zero-order valence-electron chi connectivity index (χ0n) is 45.8. The molecule has 8 atom stereocenters. The predicted octanol–water partition coefficient (Wildman–Crippen LogP) is 2.42. The first-order chi connectivity index (χ1) is 40.0. The Morgan fingerprint density at radius 3 is 2.12 bits per heavy atom. The summed E-state index contributed by atoms with van der Waals surface area (Å²) in [6, 6.07) is 34.6. The number of hydrogen-bond donors (Lipinski definition) is 9. The third kappa shape index (κ3) is 14.3. The Morgan fingerprint density at radius 1 is 0.683 bits per heavy atom. The maximum Gasteiger partial charge on any atom is 0.407 e. The van der Waals surface area contributed by atoms with Crippen molar-refractivity contribution in [1.29, 1.82) is 0 Å². The Balaban J connectivity index is 1.05. The molecule has 20 nitrogen and oxygen atoms in total. The lowest BCUT2D eigenvalue weighted by molar-refractivity contribution is -0.151. The fourth-order valence-corrected chi connectivity index (χ4v) is 11.5. The fraction of sp³-hybridized carbons (Fsp3) is 0.387. The normalized spacial score (nSPS) is 24.0. The number of fused-ring (bicyclic) bond motifs is 4. The highest BCUT2D eigenvalue weighted by Gasteiger charge is 2.48. The molecule has 0 bridgehead atoms. The number of para-hydroxylation sites is 1. The number of amides is 6. The lowest BCUT2D eigenvalue weighted by Crippen LogP contribution is -2.65. The van der Waals surface area contributed by atoms with E-state index in [1.54, 1.807) is 6.20 Å². The maximum atomic E-state index is 15.9. The summed E-state index contributed by atoms with van der Waals surface area (Å²) in [5.74, 6) is -2.40. The highest BCUT2D eigenvalue weighted by atomic mass is 16.6. The highest BCUT2D eigenvalue weighted by Crippen LogP contribution is 2.31. The van der Waals surface area contributed by atoms with Crippen molar-refractivity contribution >= 4 is 46.5 Å². The van der Waals surface area contributed by atoms with Crippen LogP contribution in [0.2, 0.25) is 0 Å². The number of carbonyl (C=O) groups excluding carboxylic acids is 6. The highest BCUT2D eigenvalue weighted by molar-refractivity contribution is 5.97. The summed E-state index contributed by atoms with van der Waals surface area (Å²) in [4.78, 5) is 98.5.